The topological polar surface area (TPSA) is 840 Å². The normalized spacial score (nSPS) is 14.5. The summed E-state index contributed by atoms with van der Waals surface area (Å²) in [7, 11) is -44.8. The van der Waals surface area contributed by atoms with Gasteiger partial charge in [0.05, 0.1) is 36.6 Å². The second kappa shape index (κ2) is 66.9. The summed E-state index contributed by atoms with van der Waals surface area (Å²) in [6.07, 6.45) is -4.76. The van der Waals surface area contributed by atoms with E-state index in [1.54, 1.807) is 0 Å². The quantitative estimate of drug-likeness (QED) is 0.0153. The standard InChI is InChI=1S/5C7H21N3O6P2.5Na/c5*8-2-3-9-4-5-10-7(18(14,15)16)1-6-17(11,12)13;;;;;/h5*7,9-10H,1-6,8H2,(H2,11,12,13)(H2,14,15,16);;;;;/q;;;;;5*+1/p-5. The number of hydrogen-bond acceptors (Lipinski definition) is 30. The summed E-state index contributed by atoms with van der Waals surface area (Å²) in [5.41, 5.74) is 26.2. The fourth-order valence-electron chi connectivity index (χ4n) is 6.13. The predicted molar refractivity (Wildman–Crippen MR) is 325 cm³/mol. The molecule has 550 valence electrons. The molecule has 0 aromatic heterocycles. The van der Waals surface area contributed by atoms with Gasteiger partial charge in [-0.2, -0.15) is 0 Å². The maximum atomic E-state index is 11.1. The average Bonchev–Trinajstić information content (AvgIpc) is 1.14. The van der Waals surface area contributed by atoms with E-state index in [-0.39, 0.29) is 200 Å². The van der Waals surface area contributed by atoms with Crippen LogP contribution in [0.1, 0.15) is 32.1 Å². The Morgan fingerprint density at radius 2 is 0.411 bits per heavy atom. The molecule has 0 spiro atoms. The van der Waals surface area contributed by atoms with Crippen molar-refractivity contribution in [2.75, 3.05) is 162 Å². The van der Waals surface area contributed by atoms with Crippen LogP contribution in [-0.4, -0.2) is 264 Å². The molecule has 0 rings (SSSR count). The predicted octanol–water partition coefficient (Wildman–Crippen LogP) is -27.2. The van der Waals surface area contributed by atoms with Crippen molar-refractivity contribution < 1.29 is 291 Å². The fraction of sp³-hybridized carbons (Fsp3) is 1.00. The van der Waals surface area contributed by atoms with Crippen LogP contribution < -0.4 is 254 Å². The molecular weight excluding hydrogens is 1540 g/mol. The minimum absolute atomic E-state index is 0. The van der Waals surface area contributed by atoms with E-state index in [4.69, 9.17) is 102 Å². The number of nitrogens with one attached hydrogen (secondary N) is 10. The Kier molecular flexibility index (Phi) is 85.8. The molecule has 0 heterocycles. The molecule has 35 N–H and O–H groups in total. The van der Waals surface area contributed by atoms with Crippen LogP contribution in [0.2, 0.25) is 0 Å². The van der Waals surface area contributed by atoms with Gasteiger partial charge in [-0.25, -0.2) is 0 Å². The second-order valence-electron chi connectivity index (χ2n) is 18.7. The van der Waals surface area contributed by atoms with Crippen LogP contribution in [0.15, 0.2) is 0 Å². The van der Waals surface area contributed by atoms with Crippen molar-refractivity contribution in [3.63, 3.8) is 0 Å². The van der Waals surface area contributed by atoms with E-state index in [2.05, 4.69) is 53.2 Å². The zero-order chi connectivity index (χ0) is 71.2. The molecule has 6 atom stereocenters. The summed E-state index contributed by atoms with van der Waals surface area (Å²) >= 11 is 0. The van der Waals surface area contributed by atoms with Crippen molar-refractivity contribution in [1.29, 1.82) is 0 Å². The van der Waals surface area contributed by atoms with Crippen LogP contribution >= 0.6 is 76.0 Å². The Bertz CT molecular complexity index is 1970. The summed E-state index contributed by atoms with van der Waals surface area (Å²) in [6, 6.07) is 0. The smallest absolute Gasteiger partial charge is 0.810 e. The Balaban J connectivity index is -0.000000117. The van der Waals surface area contributed by atoms with Crippen molar-refractivity contribution in [3.8, 4) is 0 Å². The van der Waals surface area contributed by atoms with Gasteiger partial charge in [0, 0.05) is 142 Å². The molecule has 95 heavy (non-hydrogen) atoms. The minimum atomic E-state index is -4.92. The molecule has 0 saturated carbocycles. The average molecular weight is 1640 g/mol. The molecule has 0 bridgehead atoms. The SMILES string of the molecule is NCCNCCNC(CCP(=O)(O)O)P(=O)(O)O.NCCNCCNC(CCP(=O)(O)O)P(=O)(O)O.NCCNCCNC(CCP(=O)(O)O)P(=O)([O-])O.NCCNCCNC(CCP(=O)(O)O)P(=O)([O-])[O-].NCCNCCNC(CCP(=O)(O)O)P(=O)([O-])[O-].[Na+].[Na+].[Na+].[Na+].[Na+]. The third-order valence-corrected chi connectivity index (χ3v) is 20.8. The van der Waals surface area contributed by atoms with Crippen molar-refractivity contribution in [3.05, 3.63) is 0 Å². The second-order valence-corrected chi connectivity index (χ2v) is 36.4. The van der Waals surface area contributed by atoms with Crippen molar-refractivity contribution in [1.82, 2.24) is 53.2 Å². The van der Waals surface area contributed by atoms with E-state index in [1.165, 1.54) is 0 Å². The molecule has 45 nitrogen and oxygen atoms in total. The first-order chi connectivity index (χ1) is 40.8. The van der Waals surface area contributed by atoms with E-state index < -0.39 is 149 Å². The van der Waals surface area contributed by atoms with Gasteiger partial charge in [0.2, 0.25) is 0 Å². The zero-order valence-corrected chi connectivity index (χ0v) is 73.2. The molecule has 0 aliphatic heterocycles. The van der Waals surface area contributed by atoms with Crippen LogP contribution in [0.4, 0.5) is 0 Å². The Morgan fingerprint density at radius 3 is 0.558 bits per heavy atom. The molecule has 0 amide bonds. The van der Waals surface area contributed by atoms with Crippen LogP contribution in [0.3, 0.4) is 0 Å². The molecule has 0 aliphatic carbocycles. The maximum absolute atomic E-state index is 11.1. The van der Waals surface area contributed by atoms with E-state index >= 15 is 0 Å². The van der Waals surface area contributed by atoms with E-state index in [0.29, 0.717) is 98.2 Å². The van der Waals surface area contributed by atoms with E-state index in [9.17, 15) is 70.1 Å². The molecule has 0 radical (unpaired) electrons. The third kappa shape index (κ3) is 94.0. The van der Waals surface area contributed by atoms with Gasteiger partial charge in [0.15, 0.2) is 0 Å². The number of rotatable bonds is 50. The first kappa shape index (κ1) is 122. The van der Waals surface area contributed by atoms with Crippen LogP contribution in [-0.2, 0) is 45.7 Å². The molecule has 0 saturated heterocycles. The first-order valence-electron chi connectivity index (χ1n) is 26.9. The molecule has 0 aliphatic rings. The fourth-order valence-corrected chi connectivity index (χ4v) is 14.2. The largest absolute Gasteiger partial charge is 1.00 e. The summed E-state index contributed by atoms with van der Waals surface area (Å²) in [4.78, 5) is 186. The summed E-state index contributed by atoms with van der Waals surface area (Å²) in [5.74, 6) is -6.78. The van der Waals surface area contributed by atoms with Gasteiger partial charge < -0.3 is 193 Å². The van der Waals surface area contributed by atoms with Gasteiger partial charge in [-0.15, -0.1) is 0 Å². The van der Waals surface area contributed by atoms with Gasteiger partial charge in [-0.05, 0) is 32.1 Å². The monoisotopic (exact) mass is 1640 g/mol. The molecule has 6 unspecified atom stereocenters. The summed E-state index contributed by atoms with van der Waals surface area (Å²) in [6.45, 7) is 8.44. The molecule has 0 aromatic rings. The van der Waals surface area contributed by atoms with Gasteiger partial charge in [0.25, 0.3) is 0 Å². The van der Waals surface area contributed by atoms with Gasteiger partial charge in [-0.3, -0.25) is 32.0 Å². The Labute approximate surface area is 664 Å². The van der Waals surface area contributed by atoms with Gasteiger partial charge >= 0.3 is 201 Å². The van der Waals surface area contributed by atoms with E-state index in [1.807, 2.05) is 0 Å². The first-order valence-corrected chi connectivity index (χ1v) is 44.2. The van der Waals surface area contributed by atoms with Crippen LogP contribution in [0, 0.1) is 0 Å². The van der Waals surface area contributed by atoms with Crippen LogP contribution in [0.25, 0.3) is 0 Å². The molecule has 60 heteroatoms. The number of nitrogens with two attached hydrogens (primary N) is 5. The van der Waals surface area contributed by atoms with Gasteiger partial charge in [0.1, 0.15) is 19.2 Å². The van der Waals surface area contributed by atoms with Crippen molar-refractivity contribution in [2.45, 2.75) is 61.0 Å². The van der Waals surface area contributed by atoms with Crippen molar-refractivity contribution in [2.24, 2.45) is 28.7 Å². The molecule has 0 aromatic carbocycles. The summed E-state index contributed by atoms with van der Waals surface area (Å²) < 4.78 is 108. The minimum Gasteiger partial charge on any atom is -0.810 e. The molecule has 0 fully saturated rings. The zero-order valence-electron chi connectivity index (χ0n) is 54.3. The third-order valence-electron chi connectivity index (χ3n) is 10.5. The number of hydrogen-bond donors (Lipinski definition) is 30. The van der Waals surface area contributed by atoms with Crippen LogP contribution in [0.5, 0.6) is 0 Å². The van der Waals surface area contributed by atoms with Crippen molar-refractivity contribution >= 4 is 76.0 Å². The van der Waals surface area contributed by atoms with Gasteiger partial charge in [-0.1, -0.05) is 15.2 Å². The Hall–Kier alpha value is 5.90. The maximum Gasteiger partial charge on any atom is 1.00 e. The Morgan fingerprint density at radius 1 is 0.253 bits per heavy atom. The van der Waals surface area contributed by atoms with E-state index in [0.717, 1.165) is 0 Å². The summed E-state index contributed by atoms with van der Waals surface area (Å²) in [5, 5.41) is 27.1. The molecular formula is C35H100N15Na5O30P10.